The van der Waals surface area contributed by atoms with E-state index in [4.69, 9.17) is 4.74 Å². The van der Waals surface area contributed by atoms with Gasteiger partial charge < -0.3 is 15.4 Å². The van der Waals surface area contributed by atoms with Gasteiger partial charge in [0, 0.05) is 32.1 Å². The SMILES string of the molecule is CN(Cc1ccccc1CNC(=O)CCNC(=O)OC(C)(C)C)C1CCCCC1. The highest BCUT2D eigenvalue weighted by molar-refractivity contribution is 5.77. The maximum atomic E-state index is 12.2. The first-order valence-electron chi connectivity index (χ1n) is 10.7. The van der Waals surface area contributed by atoms with E-state index in [1.54, 1.807) is 0 Å². The average molecular weight is 404 g/mol. The van der Waals surface area contributed by atoms with Gasteiger partial charge in [-0.25, -0.2) is 4.79 Å². The minimum atomic E-state index is -0.541. The van der Waals surface area contributed by atoms with Crippen LogP contribution in [0.5, 0.6) is 0 Å². The molecule has 0 heterocycles. The van der Waals surface area contributed by atoms with E-state index < -0.39 is 11.7 Å². The fraction of sp³-hybridized carbons (Fsp3) is 0.652. The summed E-state index contributed by atoms with van der Waals surface area (Å²) in [6.07, 6.45) is 6.29. The Hall–Kier alpha value is -2.08. The van der Waals surface area contributed by atoms with Crippen molar-refractivity contribution in [1.29, 1.82) is 0 Å². The summed E-state index contributed by atoms with van der Waals surface area (Å²) in [5.74, 6) is -0.0866. The van der Waals surface area contributed by atoms with Crippen molar-refractivity contribution in [1.82, 2.24) is 15.5 Å². The van der Waals surface area contributed by atoms with E-state index in [-0.39, 0.29) is 18.9 Å². The molecule has 0 saturated heterocycles. The Morgan fingerprint density at radius 1 is 1.07 bits per heavy atom. The van der Waals surface area contributed by atoms with Gasteiger partial charge in [-0.2, -0.15) is 0 Å². The van der Waals surface area contributed by atoms with Crippen LogP contribution in [0.15, 0.2) is 24.3 Å². The Balaban J connectivity index is 1.77. The number of amides is 2. The molecule has 1 aromatic rings. The fourth-order valence-corrected chi connectivity index (χ4v) is 3.68. The Morgan fingerprint density at radius 2 is 1.72 bits per heavy atom. The molecule has 0 radical (unpaired) electrons. The van der Waals surface area contributed by atoms with Crippen LogP contribution in [0.25, 0.3) is 0 Å². The summed E-state index contributed by atoms with van der Waals surface area (Å²) in [6, 6.07) is 8.94. The van der Waals surface area contributed by atoms with Crippen molar-refractivity contribution in [2.45, 2.75) is 84.0 Å². The fourth-order valence-electron chi connectivity index (χ4n) is 3.68. The van der Waals surface area contributed by atoms with Gasteiger partial charge in [0.1, 0.15) is 5.60 Å². The quantitative estimate of drug-likeness (QED) is 0.689. The Morgan fingerprint density at radius 3 is 2.38 bits per heavy atom. The highest BCUT2D eigenvalue weighted by Crippen LogP contribution is 2.23. The molecule has 6 heteroatoms. The highest BCUT2D eigenvalue weighted by Gasteiger charge is 2.19. The first kappa shape index (κ1) is 23.2. The molecule has 0 spiro atoms. The lowest BCUT2D eigenvalue weighted by atomic mass is 9.94. The van der Waals surface area contributed by atoms with Crippen LogP contribution in [0.2, 0.25) is 0 Å². The third-order valence-corrected chi connectivity index (χ3v) is 5.23. The van der Waals surface area contributed by atoms with Gasteiger partial charge in [-0.15, -0.1) is 0 Å². The van der Waals surface area contributed by atoms with E-state index in [1.165, 1.54) is 37.7 Å². The summed E-state index contributed by atoms with van der Waals surface area (Å²) < 4.78 is 5.17. The van der Waals surface area contributed by atoms with Gasteiger partial charge in [-0.1, -0.05) is 43.5 Å². The van der Waals surface area contributed by atoms with Crippen LogP contribution in [-0.2, 0) is 22.6 Å². The lowest BCUT2D eigenvalue weighted by Crippen LogP contribution is -2.35. The van der Waals surface area contributed by atoms with Crippen molar-refractivity contribution < 1.29 is 14.3 Å². The van der Waals surface area contributed by atoms with Crippen molar-refractivity contribution in [3.63, 3.8) is 0 Å². The van der Waals surface area contributed by atoms with Crippen molar-refractivity contribution in [3.05, 3.63) is 35.4 Å². The summed E-state index contributed by atoms with van der Waals surface area (Å²) in [4.78, 5) is 26.2. The van der Waals surface area contributed by atoms with E-state index >= 15 is 0 Å². The molecule has 2 rings (SSSR count). The van der Waals surface area contributed by atoms with Gasteiger partial charge in [-0.3, -0.25) is 9.69 Å². The minimum Gasteiger partial charge on any atom is -0.444 e. The molecule has 1 fully saturated rings. The van der Waals surface area contributed by atoms with Crippen LogP contribution >= 0.6 is 0 Å². The molecule has 6 nitrogen and oxygen atoms in total. The topological polar surface area (TPSA) is 70.7 Å². The zero-order chi connectivity index (χ0) is 21.3. The van der Waals surface area contributed by atoms with E-state index in [0.717, 1.165) is 12.1 Å². The summed E-state index contributed by atoms with van der Waals surface area (Å²) in [6.45, 7) is 7.08. The molecular weight excluding hydrogens is 366 g/mol. The number of alkyl carbamates (subject to hydrolysis) is 1. The number of carbonyl (C=O) groups excluding carboxylic acids is 2. The Labute approximate surface area is 175 Å². The number of ether oxygens (including phenoxy) is 1. The van der Waals surface area contributed by atoms with Crippen LogP contribution in [0.3, 0.4) is 0 Å². The first-order valence-corrected chi connectivity index (χ1v) is 10.7. The summed E-state index contributed by atoms with van der Waals surface area (Å²) in [5, 5.41) is 5.58. The second-order valence-corrected chi connectivity index (χ2v) is 8.93. The zero-order valence-electron chi connectivity index (χ0n) is 18.4. The molecule has 162 valence electrons. The molecule has 2 amide bonds. The number of carbonyl (C=O) groups is 2. The Bertz CT molecular complexity index is 664. The van der Waals surface area contributed by atoms with E-state index in [9.17, 15) is 9.59 Å². The van der Waals surface area contributed by atoms with Crippen molar-refractivity contribution in [2.75, 3.05) is 13.6 Å². The van der Waals surface area contributed by atoms with Gasteiger partial charge in [0.15, 0.2) is 0 Å². The molecule has 0 bridgehead atoms. The summed E-state index contributed by atoms with van der Waals surface area (Å²) in [5.41, 5.74) is 1.86. The molecule has 0 aliphatic heterocycles. The van der Waals surface area contributed by atoms with Crippen molar-refractivity contribution in [3.8, 4) is 0 Å². The van der Waals surface area contributed by atoms with Crippen LogP contribution in [0.4, 0.5) is 4.79 Å². The largest absolute Gasteiger partial charge is 0.444 e. The molecule has 1 aromatic carbocycles. The smallest absolute Gasteiger partial charge is 0.407 e. The molecule has 1 aliphatic rings. The lowest BCUT2D eigenvalue weighted by molar-refractivity contribution is -0.121. The molecule has 0 atom stereocenters. The summed E-state index contributed by atoms with van der Waals surface area (Å²) in [7, 11) is 2.20. The number of hydrogen-bond acceptors (Lipinski definition) is 4. The molecule has 2 N–H and O–H groups in total. The zero-order valence-corrected chi connectivity index (χ0v) is 18.4. The van der Waals surface area contributed by atoms with Crippen LogP contribution in [-0.4, -0.2) is 42.1 Å². The van der Waals surface area contributed by atoms with E-state index in [2.05, 4.69) is 40.8 Å². The number of benzene rings is 1. The molecule has 0 aromatic heterocycles. The minimum absolute atomic E-state index is 0.0866. The second-order valence-electron chi connectivity index (χ2n) is 8.93. The van der Waals surface area contributed by atoms with Gasteiger partial charge in [0.2, 0.25) is 5.91 Å². The lowest BCUT2D eigenvalue weighted by Gasteiger charge is -2.31. The second kappa shape index (κ2) is 11.2. The van der Waals surface area contributed by atoms with Gasteiger partial charge in [0.25, 0.3) is 0 Å². The molecule has 1 saturated carbocycles. The molecule has 29 heavy (non-hydrogen) atoms. The third kappa shape index (κ3) is 8.86. The molecule has 0 unspecified atom stereocenters. The van der Waals surface area contributed by atoms with E-state index in [0.29, 0.717) is 12.6 Å². The monoisotopic (exact) mass is 403 g/mol. The first-order chi connectivity index (χ1) is 13.7. The number of nitrogens with zero attached hydrogens (tertiary/aromatic N) is 1. The number of nitrogens with one attached hydrogen (secondary N) is 2. The third-order valence-electron chi connectivity index (χ3n) is 5.23. The normalized spacial score (nSPS) is 15.2. The van der Waals surface area contributed by atoms with Crippen molar-refractivity contribution >= 4 is 12.0 Å². The van der Waals surface area contributed by atoms with Gasteiger partial charge in [0.05, 0.1) is 0 Å². The maximum absolute atomic E-state index is 12.2. The van der Waals surface area contributed by atoms with E-state index in [1.807, 2.05) is 26.8 Å². The standard InChI is InChI=1S/C23H37N3O3/c1-23(2,3)29-22(28)24-15-14-21(27)25-16-18-10-8-9-11-19(18)17-26(4)20-12-6-5-7-13-20/h8-11,20H,5-7,12-17H2,1-4H3,(H,24,28)(H,25,27). The average Bonchev–Trinajstić information content (AvgIpc) is 2.66. The van der Waals surface area contributed by atoms with Crippen molar-refractivity contribution in [2.24, 2.45) is 0 Å². The number of hydrogen-bond donors (Lipinski definition) is 2. The number of rotatable bonds is 8. The predicted octanol–water partition coefficient (Wildman–Crippen LogP) is 3.98. The molecular formula is C23H37N3O3. The van der Waals surface area contributed by atoms with Crippen LogP contribution in [0.1, 0.15) is 70.4 Å². The predicted molar refractivity (Wildman–Crippen MR) is 115 cm³/mol. The Kier molecular flexibility index (Phi) is 8.96. The van der Waals surface area contributed by atoms with Gasteiger partial charge in [-0.05, 0) is 51.8 Å². The highest BCUT2D eigenvalue weighted by atomic mass is 16.6. The maximum Gasteiger partial charge on any atom is 0.407 e. The van der Waals surface area contributed by atoms with Crippen LogP contribution in [0, 0.1) is 0 Å². The molecule has 1 aliphatic carbocycles. The summed E-state index contributed by atoms with van der Waals surface area (Å²) >= 11 is 0. The van der Waals surface area contributed by atoms with Crippen LogP contribution < -0.4 is 10.6 Å². The van der Waals surface area contributed by atoms with Gasteiger partial charge >= 0.3 is 6.09 Å².